The monoisotopic (exact) mass is 417 g/mol. The van der Waals surface area contributed by atoms with Crippen molar-refractivity contribution < 1.29 is 9.84 Å². The second kappa shape index (κ2) is 10.5. The Balaban J connectivity index is 1.32. The summed E-state index contributed by atoms with van der Waals surface area (Å²) in [5.74, 6) is 0.755. The molecule has 0 spiro atoms. The molecule has 3 aromatic rings. The van der Waals surface area contributed by atoms with Crippen molar-refractivity contribution in [3.63, 3.8) is 0 Å². The Labute approximate surface area is 184 Å². The lowest BCUT2D eigenvalue weighted by Gasteiger charge is -2.40. The van der Waals surface area contributed by atoms with E-state index < -0.39 is 6.10 Å². The molecule has 1 atom stereocenters. The van der Waals surface area contributed by atoms with Crippen LogP contribution in [-0.4, -0.2) is 65.3 Å². The van der Waals surface area contributed by atoms with E-state index in [-0.39, 0.29) is 6.04 Å². The lowest BCUT2D eigenvalue weighted by Crippen LogP contribution is -2.50. The van der Waals surface area contributed by atoms with Crippen molar-refractivity contribution in [1.29, 1.82) is 0 Å². The number of pyridine rings is 1. The van der Waals surface area contributed by atoms with Crippen LogP contribution in [0, 0.1) is 6.92 Å². The number of piperazine rings is 1. The van der Waals surface area contributed by atoms with E-state index in [2.05, 4.69) is 75.4 Å². The van der Waals surface area contributed by atoms with Crippen LogP contribution in [0.4, 0.5) is 0 Å². The van der Waals surface area contributed by atoms with E-state index in [1.54, 1.807) is 6.20 Å². The van der Waals surface area contributed by atoms with Crippen LogP contribution in [0.2, 0.25) is 0 Å². The van der Waals surface area contributed by atoms with E-state index in [0.717, 1.165) is 37.6 Å². The van der Waals surface area contributed by atoms with Gasteiger partial charge in [0.25, 0.3) is 0 Å². The summed E-state index contributed by atoms with van der Waals surface area (Å²) >= 11 is 0. The van der Waals surface area contributed by atoms with E-state index in [1.165, 1.54) is 11.1 Å². The standard InChI is InChI=1S/C26H31N3O2/c1-21-18-25(12-13-27-21)31-20-24(30)19-28-14-16-29(17-15-28)26(22-8-4-2-5-9-22)23-10-6-3-7-11-23/h2-13,18,24,26,30H,14-17,19-20H2,1H3. The van der Waals surface area contributed by atoms with E-state index in [1.807, 2.05) is 19.1 Å². The Bertz CT molecular complexity index is 888. The molecule has 0 radical (unpaired) electrons. The van der Waals surface area contributed by atoms with Crippen molar-refractivity contribution in [1.82, 2.24) is 14.8 Å². The highest BCUT2D eigenvalue weighted by Crippen LogP contribution is 2.29. The van der Waals surface area contributed by atoms with Gasteiger partial charge in [-0.3, -0.25) is 14.8 Å². The topological polar surface area (TPSA) is 48.8 Å². The van der Waals surface area contributed by atoms with Gasteiger partial charge in [-0.05, 0) is 24.1 Å². The molecule has 1 unspecified atom stereocenters. The Morgan fingerprint density at radius 3 is 2.10 bits per heavy atom. The highest BCUT2D eigenvalue weighted by atomic mass is 16.5. The number of aromatic nitrogens is 1. The minimum atomic E-state index is -0.515. The number of hydrogen-bond donors (Lipinski definition) is 1. The number of nitrogens with zero attached hydrogens (tertiary/aromatic N) is 3. The van der Waals surface area contributed by atoms with Crippen molar-refractivity contribution in [3.8, 4) is 5.75 Å². The van der Waals surface area contributed by atoms with Crippen molar-refractivity contribution >= 4 is 0 Å². The van der Waals surface area contributed by atoms with E-state index in [0.29, 0.717) is 13.2 Å². The zero-order valence-electron chi connectivity index (χ0n) is 18.1. The van der Waals surface area contributed by atoms with Gasteiger partial charge in [0.05, 0.1) is 6.04 Å². The Hall–Kier alpha value is -2.73. The van der Waals surface area contributed by atoms with Crippen LogP contribution in [0.25, 0.3) is 0 Å². The minimum absolute atomic E-state index is 0.257. The van der Waals surface area contributed by atoms with Gasteiger partial charge in [0.1, 0.15) is 18.5 Å². The quantitative estimate of drug-likeness (QED) is 0.608. The Morgan fingerprint density at radius 1 is 0.903 bits per heavy atom. The molecule has 1 aromatic heterocycles. The van der Waals surface area contributed by atoms with Gasteiger partial charge in [0, 0.05) is 50.7 Å². The third-order valence-corrected chi connectivity index (χ3v) is 5.78. The van der Waals surface area contributed by atoms with Gasteiger partial charge in [0.2, 0.25) is 0 Å². The molecule has 1 saturated heterocycles. The number of aliphatic hydroxyl groups excluding tert-OH is 1. The molecule has 5 heteroatoms. The number of hydrogen-bond acceptors (Lipinski definition) is 5. The maximum atomic E-state index is 10.5. The third-order valence-electron chi connectivity index (χ3n) is 5.78. The predicted molar refractivity (Wildman–Crippen MR) is 123 cm³/mol. The number of rotatable bonds is 8. The molecule has 5 nitrogen and oxygen atoms in total. The van der Waals surface area contributed by atoms with Gasteiger partial charge >= 0.3 is 0 Å². The molecular weight excluding hydrogens is 386 g/mol. The van der Waals surface area contributed by atoms with Crippen LogP contribution in [0.5, 0.6) is 5.75 Å². The number of β-amino-alcohol motifs (C(OH)–C–C–N with tert-alkyl or cyclic N) is 1. The van der Waals surface area contributed by atoms with Gasteiger partial charge in [-0.2, -0.15) is 0 Å². The minimum Gasteiger partial charge on any atom is -0.491 e. The Kier molecular flexibility index (Phi) is 7.30. The van der Waals surface area contributed by atoms with E-state index in [9.17, 15) is 5.11 Å². The Morgan fingerprint density at radius 2 is 1.52 bits per heavy atom. The molecule has 1 aliphatic rings. The van der Waals surface area contributed by atoms with Crippen LogP contribution in [0.15, 0.2) is 79.0 Å². The van der Waals surface area contributed by atoms with Crippen molar-refractivity contribution in [2.75, 3.05) is 39.3 Å². The maximum Gasteiger partial charge on any atom is 0.122 e. The number of aliphatic hydroxyl groups is 1. The molecule has 4 rings (SSSR count). The summed E-state index contributed by atoms with van der Waals surface area (Å²) < 4.78 is 5.74. The fourth-order valence-corrected chi connectivity index (χ4v) is 4.24. The first-order valence-electron chi connectivity index (χ1n) is 11.0. The first-order chi connectivity index (χ1) is 15.2. The van der Waals surface area contributed by atoms with Crippen LogP contribution < -0.4 is 4.74 Å². The lowest BCUT2D eigenvalue weighted by molar-refractivity contribution is 0.0400. The molecule has 0 aliphatic carbocycles. The highest BCUT2D eigenvalue weighted by Gasteiger charge is 2.27. The number of aryl methyl sites for hydroxylation is 1. The summed E-state index contributed by atoms with van der Waals surface area (Å²) in [4.78, 5) is 9.04. The van der Waals surface area contributed by atoms with Gasteiger partial charge < -0.3 is 9.84 Å². The average Bonchev–Trinajstić information content (AvgIpc) is 2.81. The van der Waals surface area contributed by atoms with Crippen LogP contribution in [0.1, 0.15) is 22.9 Å². The fraction of sp³-hybridized carbons (Fsp3) is 0.346. The normalized spacial score (nSPS) is 16.4. The number of ether oxygens (including phenoxy) is 1. The van der Waals surface area contributed by atoms with Crippen molar-refractivity contribution in [2.24, 2.45) is 0 Å². The summed E-state index contributed by atoms with van der Waals surface area (Å²) in [5, 5.41) is 10.5. The summed E-state index contributed by atoms with van der Waals surface area (Å²) in [7, 11) is 0. The zero-order chi connectivity index (χ0) is 21.5. The summed E-state index contributed by atoms with van der Waals surface area (Å²) in [6.07, 6.45) is 1.21. The first kappa shape index (κ1) is 21.5. The van der Waals surface area contributed by atoms with Gasteiger partial charge in [-0.1, -0.05) is 60.7 Å². The molecule has 1 aliphatic heterocycles. The number of benzene rings is 2. The fourth-order valence-electron chi connectivity index (χ4n) is 4.24. The average molecular weight is 418 g/mol. The lowest BCUT2D eigenvalue weighted by atomic mass is 9.96. The van der Waals surface area contributed by atoms with E-state index >= 15 is 0 Å². The molecule has 1 N–H and O–H groups in total. The van der Waals surface area contributed by atoms with Crippen molar-refractivity contribution in [2.45, 2.75) is 19.1 Å². The van der Waals surface area contributed by atoms with E-state index in [4.69, 9.17) is 4.74 Å². The predicted octanol–water partition coefficient (Wildman–Crippen LogP) is 3.54. The highest BCUT2D eigenvalue weighted by molar-refractivity contribution is 5.32. The van der Waals surface area contributed by atoms with Gasteiger partial charge in [0.15, 0.2) is 0 Å². The van der Waals surface area contributed by atoms with Crippen LogP contribution in [-0.2, 0) is 0 Å². The molecule has 31 heavy (non-hydrogen) atoms. The molecular formula is C26H31N3O2. The molecule has 162 valence electrons. The molecule has 0 amide bonds. The SMILES string of the molecule is Cc1cc(OCC(O)CN2CCN(C(c3ccccc3)c3ccccc3)CC2)ccn1. The zero-order valence-corrected chi connectivity index (χ0v) is 18.1. The summed E-state index contributed by atoms with van der Waals surface area (Å²) in [5.41, 5.74) is 3.56. The van der Waals surface area contributed by atoms with Crippen LogP contribution >= 0.6 is 0 Å². The smallest absolute Gasteiger partial charge is 0.122 e. The summed E-state index contributed by atoms with van der Waals surface area (Å²) in [6, 6.07) is 25.4. The molecule has 2 heterocycles. The summed E-state index contributed by atoms with van der Waals surface area (Å²) in [6.45, 7) is 6.64. The molecule has 0 saturated carbocycles. The largest absolute Gasteiger partial charge is 0.491 e. The van der Waals surface area contributed by atoms with Gasteiger partial charge in [-0.25, -0.2) is 0 Å². The molecule has 0 bridgehead atoms. The second-order valence-corrected chi connectivity index (χ2v) is 8.16. The van der Waals surface area contributed by atoms with Gasteiger partial charge in [-0.15, -0.1) is 0 Å². The second-order valence-electron chi connectivity index (χ2n) is 8.16. The third kappa shape index (κ3) is 5.91. The molecule has 1 fully saturated rings. The van der Waals surface area contributed by atoms with Crippen molar-refractivity contribution in [3.05, 3.63) is 95.8 Å². The first-order valence-corrected chi connectivity index (χ1v) is 11.0. The van der Waals surface area contributed by atoms with Crippen LogP contribution in [0.3, 0.4) is 0 Å². The maximum absolute atomic E-state index is 10.5. The molecule has 2 aromatic carbocycles.